The number of aryl methyl sites for hydroxylation is 1. The Morgan fingerprint density at radius 1 is 1.14 bits per heavy atom. The fourth-order valence-corrected chi connectivity index (χ4v) is 3.39. The fraction of sp³-hybridized carbons (Fsp3) is 0.318. The van der Waals surface area contributed by atoms with Gasteiger partial charge in [-0.25, -0.2) is 0 Å². The van der Waals surface area contributed by atoms with Gasteiger partial charge in [-0.2, -0.15) is 0 Å². The molecule has 2 aromatic carbocycles. The van der Waals surface area contributed by atoms with E-state index in [9.17, 15) is 14.4 Å². The Hall–Kier alpha value is -3.15. The van der Waals surface area contributed by atoms with Gasteiger partial charge in [-0.3, -0.25) is 14.4 Å². The van der Waals surface area contributed by atoms with Crippen LogP contribution in [-0.2, 0) is 14.4 Å². The molecule has 6 nitrogen and oxygen atoms in total. The molecule has 28 heavy (non-hydrogen) atoms. The number of nitrogens with zero attached hydrogens (tertiary/aromatic N) is 1. The van der Waals surface area contributed by atoms with Gasteiger partial charge in [0.25, 0.3) is 0 Å². The van der Waals surface area contributed by atoms with Crippen LogP contribution in [-0.4, -0.2) is 29.4 Å². The van der Waals surface area contributed by atoms with Crippen molar-refractivity contribution in [2.24, 2.45) is 5.92 Å². The highest BCUT2D eigenvalue weighted by Crippen LogP contribution is 2.30. The number of aliphatic carboxylic acids is 1. The van der Waals surface area contributed by atoms with Crippen molar-refractivity contribution in [3.8, 4) is 0 Å². The minimum absolute atomic E-state index is 0.0560. The first-order valence-corrected chi connectivity index (χ1v) is 9.28. The van der Waals surface area contributed by atoms with Crippen molar-refractivity contribution in [1.29, 1.82) is 0 Å². The van der Waals surface area contributed by atoms with Crippen LogP contribution in [0.2, 0.25) is 0 Å². The van der Waals surface area contributed by atoms with Crippen molar-refractivity contribution in [1.82, 2.24) is 0 Å². The highest BCUT2D eigenvalue weighted by Gasteiger charge is 2.35. The maximum atomic E-state index is 12.6. The summed E-state index contributed by atoms with van der Waals surface area (Å²) in [5.41, 5.74) is 4.26. The van der Waals surface area contributed by atoms with E-state index >= 15 is 0 Å². The Morgan fingerprint density at radius 3 is 2.46 bits per heavy atom. The number of carbonyl (C=O) groups is 3. The minimum atomic E-state index is -0.896. The van der Waals surface area contributed by atoms with Crippen molar-refractivity contribution in [2.45, 2.75) is 33.1 Å². The van der Waals surface area contributed by atoms with Crippen LogP contribution in [0.25, 0.3) is 0 Å². The van der Waals surface area contributed by atoms with Crippen LogP contribution in [0, 0.1) is 19.8 Å². The molecule has 3 rings (SSSR count). The molecule has 0 bridgehead atoms. The molecule has 1 saturated heterocycles. The van der Waals surface area contributed by atoms with Crippen molar-refractivity contribution >= 4 is 29.2 Å². The SMILES string of the molecule is Cc1cccc(N2CC(C(=O)Nc3ccc(C(C)C(=O)O)cc3)CC2=O)c1C. The van der Waals surface area contributed by atoms with Crippen LogP contribution in [0.3, 0.4) is 0 Å². The van der Waals surface area contributed by atoms with Crippen molar-refractivity contribution < 1.29 is 19.5 Å². The standard InChI is InChI=1S/C22H24N2O4/c1-13-5-4-6-19(14(13)2)24-12-17(11-20(24)25)21(26)23-18-9-7-16(8-10-18)15(3)22(27)28/h4-10,15,17H,11-12H2,1-3H3,(H,23,26)(H,27,28). The number of amides is 2. The second kappa shape index (κ2) is 7.84. The number of anilines is 2. The Bertz CT molecular complexity index is 921. The Balaban J connectivity index is 1.68. The Labute approximate surface area is 164 Å². The lowest BCUT2D eigenvalue weighted by Crippen LogP contribution is -2.28. The first-order valence-electron chi connectivity index (χ1n) is 9.28. The predicted molar refractivity (Wildman–Crippen MR) is 107 cm³/mol. The molecule has 2 unspecified atom stereocenters. The minimum Gasteiger partial charge on any atom is -0.481 e. The van der Waals surface area contributed by atoms with Crippen molar-refractivity contribution in [3.63, 3.8) is 0 Å². The number of rotatable bonds is 5. The van der Waals surface area contributed by atoms with Gasteiger partial charge in [-0.05, 0) is 55.7 Å². The van der Waals surface area contributed by atoms with E-state index in [4.69, 9.17) is 5.11 Å². The Kier molecular flexibility index (Phi) is 5.49. The molecule has 1 heterocycles. The maximum Gasteiger partial charge on any atom is 0.310 e. The zero-order valence-corrected chi connectivity index (χ0v) is 16.2. The maximum absolute atomic E-state index is 12.6. The topological polar surface area (TPSA) is 86.7 Å². The largest absolute Gasteiger partial charge is 0.481 e. The van der Waals surface area contributed by atoms with Crippen LogP contribution in [0.5, 0.6) is 0 Å². The van der Waals surface area contributed by atoms with Gasteiger partial charge in [0, 0.05) is 24.3 Å². The van der Waals surface area contributed by atoms with Gasteiger partial charge in [-0.1, -0.05) is 24.3 Å². The average Bonchev–Trinajstić information content (AvgIpc) is 3.05. The number of carboxylic acid groups (broad SMARTS) is 1. The summed E-state index contributed by atoms with van der Waals surface area (Å²) in [4.78, 5) is 37.8. The normalized spacial score (nSPS) is 17.5. The summed E-state index contributed by atoms with van der Waals surface area (Å²) >= 11 is 0. The molecular weight excluding hydrogens is 356 g/mol. The molecule has 1 aliphatic rings. The first kappa shape index (κ1) is 19.6. The van der Waals surface area contributed by atoms with Gasteiger partial charge in [-0.15, -0.1) is 0 Å². The van der Waals surface area contributed by atoms with Gasteiger partial charge in [0.05, 0.1) is 11.8 Å². The third-order valence-corrected chi connectivity index (χ3v) is 5.41. The highest BCUT2D eigenvalue weighted by molar-refractivity contribution is 6.04. The molecule has 1 aliphatic heterocycles. The lowest BCUT2D eigenvalue weighted by atomic mass is 10.0. The van der Waals surface area contributed by atoms with E-state index in [1.54, 1.807) is 36.1 Å². The van der Waals surface area contributed by atoms with Crippen LogP contribution >= 0.6 is 0 Å². The quantitative estimate of drug-likeness (QED) is 0.831. The van der Waals surface area contributed by atoms with Crippen LogP contribution in [0.4, 0.5) is 11.4 Å². The molecule has 0 aliphatic carbocycles. The van der Waals surface area contributed by atoms with Crippen molar-refractivity contribution in [3.05, 3.63) is 59.2 Å². The highest BCUT2D eigenvalue weighted by atomic mass is 16.4. The second-order valence-corrected chi connectivity index (χ2v) is 7.30. The molecule has 0 aromatic heterocycles. The third kappa shape index (κ3) is 3.91. The number of nitrogens with one attached hydrogen (secondary N) is 1. The lowest BCUT2D eigenvalue weighted by molar-refractivity contribution is -0.138. The molecule has 0 radical (unpaired) electrons. The molecule has 2 atom stereocenters. The molecule has 146 valence electrons. The summed E-state index contributed by atoms with van der Waals surface area (Å²) < 4.78 is 0. The number of carbonyl (C=O) groups excluding carboxylic acids is 2. The summed E-state index contributed by atoms with van der Waals surface area (Å²) in [6, 6.07) is 12.6. The van der Waals surface area contributed by atoms with Gasteiger partial charge in [0.1, 0.15) is 0 Å². The number of benzene rings is 2. The van der Waals surface area contributed by atoms with Crippen LogP contribution in [0.15, 0.2) is 42.5 Å². The summed E-state index contributed by atoms with van der Waals surface area (Å²) in [7, 11) is 0. The number of hydrogen-bond acceptors (Lipinski definition) is 3. The smallest absolute Gasteiger partial charge is 0.310 e. The van der Waals surface area contributed by atoms with Gasteiger partial charge >= 0.3 is 5.97 Å². The van der Waals surface area contributed by atoms with E-state index in [0.29, 0.717) is 17.8 Å². The summed E-state index contributed by atoms with van der Waals surface area (Å²) in [5, 5.41) is 11.9. The summed E-state index contributed by atoms with van der Waals surface area (Å²) in [6.45, 7) is 5.94. The van der Waals surface area contributed by atoms with Gasteiger partial charge < -0.3 is 15.3 Å². The van der Waals surface area contributed by atoms with Gasteiger partial charge in [0.15, 0.2) is 0 Å². The zero-order valence-electron chi connectivity index (χ0n) is 16.2. The van der Waals surface area contributed by atoms with E-state index in [1.165, 1.54) is 0 Å². The molecule has 2 aromatic rings. The summed E-state index contributed by atoms with van der Waals surface area (Å²) in [6.07, 6.45) is 0.174. The van der Waals surface area contributed by atoms with E-state index in [2.05, 4.69) is 5.32 Å². The third-order valence-electron chi connectivity index (χ3n) is 5.41. The fourth-order valence-electron chi connectivity index (χ4n) is 3.39. The van der Waals surface area contributed by atoms with E-state index in [1.807, 2.05) is 32.0 Å². The number of hydrogen-bond donors (Lipinski definition) is 2. The first-order chi connectivity index (χ1) is 13.3. The molecule has 0 spiro atoms. The molecule has 1 fully saturated rings. The number of carboxylic acids is 1. The van der Waals surface area contributed by atoms with Gasteiger partial charge in [0.2, 0.25) is 11.8 Å². The average molecular weight is 380 g/mol. The predicted octanol–water partition coefficient (Wildman–Crippen LogP) is 3.48. The monoisotopic (exact) mass is 380 g/mol. The molecular formula is C22H24N2O4. The molecule has 2 amide bonds. The van der Waals surface area contributed by atoms with Crippen LogP contribution in [0.1, 0.15) is 36.0 Å². The molecule has 0 saturated carbocycles. The summed E-state index contributed by atoms with van der Waals surface area (Å²) in [5.74, 6) is -2.19. The lowest BCUT2D eigenvalue weighted by Gasteiger charge is -2.20. The van der Waals surface area contributed by atoms with E-state index in [0.717, 1.165) is 16.8 Å². The van der Waals surface area contributed by atoms with Crippen LogP contribution < -0.4 is 10.2 Å². The second-order valence-electron chi connectivity index (χ2n) is 7.30. The zero-order chi connectivity index (χ0) is 20.4. The van der Waals surface area contributed by atoms with Crippen molar-refractivity contribution in [2.75, 3.05) is 16.8 Å². The Morgan fingerprint density at radius 2 is 1.82 bits per heavy atom. The van der Waals surface area contributed by atoms with E-state index < -0.39 is 17.8 Å². The van der Waals surface area contributed by atoms with E-state index in [-0.39, 0.29) is 18.2 Å². The molecule has 6 heteroatoms. The molecule has 2 N–H and O–H groups in total.